The van der Waals surface area contributed by atoms with Crippen LogP contribution in [0.4, 0.5) is 0 Å². The molecule has 0 aromatic carbocycles. The van der Waals surface area contributed by atoms with Crippen LogP contribution in [0.5, 0.6) is 0 Å². The van der Waals surface area contributed by atoms with Gasteiger partial charge in [-0.05, 0) is 25.7 Å². The van der Waals surface area contributed by atoms with E-state index < -0.39 is 17.4 Å². The van der Waals surface area contributed by atoms with E-state index in [1.54, 1.807) is 0 Å². The molecule has 0 amide bonds. The van der Waals surface area contributed by atoms with Crippen LogP contribution in [0.15, 0.2) is 0 Å². The highest BCUT2D eigenvalue weighted by molar-refractivity contribution is 5.99. The lowest BCUT2D eigenvalue weighted by atomic mass is 9.82. The van der Waals surface area contributed by atoms with Gasteiger partial charge in [-0.25, -0.2) is 0 Å². The number of ether oxygens (including phenoxy) is 2. The van der Waals surface area contributed by atoms with Crippen molar-refractivity contribution in [1.82, 2.24) is 0 Å². The first kappa shape index (κ1) is 35.9. The minimum atomic E-state index is -1.14. The highest BCUT2D eigenvalue weighted by Crippen LogP contribution is 2.30. The van der Waals surface area contributed by atoms with Gasteiger partial charge in [0.25, 0.3) is 0 Å². The number of hydrogen-bond donors (Lipinski definition) is 0. The zero-order valence-corrected chi connectivity index (χ0v) is 25.5. The molecule has 0 aliphatic heterocycles. The minimum absolute atomic E-state index is 0.395. The number of esters is 2. The molecule has 0 aliphatic carbocycles. The molecule has 4 heteroatoms. The van der Waals surface area contributed by atoms with Gasteiger partial charge in [0.2, 0.25) is 0 Å². The third-order valence-electron chi connectivity index (χ3n) is 7.95. The van der Waals surface area contributed by atoms with Crippen LogP contribution in [0.25, 0.3) is 0 Å². The summed E-state index contributed by atoms with van der Waals surface area (Å²) in [4.78, 5) is 25.7. The second-order valence-corrected chi connectivity index (χ2v) is 11.1. The summed E-state index contributed by atoms with van der Waals surface area (Å²) in [5, 5.41) is 0. The predicted octanol–water partition coefficient (Wildman–Crippen LogP) is 10.5. The minimum Gasteiger partial charge on any atom is -0.465 e. The Kier molecular flexibility index (Phi) is 25.8. The molecule has 0 atom stereocenters. The summed E-state index contributed by atoms with van der Waals surface area (Å²) in [5.41, 5.74) is -1.14. The van der Waals surface area contributed by atoms with Crippen LogP contribution in [0.3, 0.4) is 0 Å². The van der Waals surface area contributed by atoms with Crippen LogP contribution < -0.4 is 0 Å². The van der Waals surface area contributed by atoms with Crippen LogP contribution in [0.1, 0.15) is 182 Å². The maximum absolute atomic E-state index is 12.8. The standard InChI is InChI=1S/C33H64O4/c1-5-9-11-13-15-17-19-21-23-25-27-29-36-31(34)33(7-3,8-4)32(35)37-30-28-26-24-22-20-18-16-14-12-10-6-2/h5-30H2,1-4H3. The number of unbranched alkanes of at least 4 members (excludes halogenated alkanes) is 20. The van der Waals surface area contributed by atoms with E-state index in [2.05, 4.69) is 13.8 Å². The molecule has 4 nitrogen and oxygen atoms in total. The van der Waals surface area contributed by atoms with Gasteiger partial charge in [0.05, 0.1) is 13.2 Å². The topological polar surface area (TPSA) is 52.6 Å². The molecular formula is C33H64O4. The summed E-state index contributed by atoms with van der Waals surface area (Å²) in [7, 11) is 0. The van der Waals surface area contributed by atoms with Crippen molar-refractivity contribution in [3.8, 4) is 0 Å². The monoisotopic (exact) mass is 524 g/mol. The first-order chi connectivity index (χ1) is 18.1. The quantitative estimate of drug-likeness (QED) is 0.0580. The first-order valence-electron chi connectivity index (χ1n) is 16.4. The number of carbonyl (C=O) groups excluding carboxylic acids is 2. The zero-order valence-electron chi connectivity index (χ0n) is 25.5. The van der Waals surface area contributed by atoms with E-state index in [0.717, 1.165) is 25.7 Å². The fourth-order valence-electron chi connectivity index (χ4n) is 5.05. The van der Waals surface area contributed by atoms with Crippen LogP contribution in [-0.2, 0) is 19.1 Å². The van der Waals surface area contributed by atoms with E-state index >= 15 is 0 Å². The fraction of sp³-hybridized carbons (Fsp3) is 0.939. The summed E-state index contributed by atoms with van der Waals surface area (Å²) >= 11 is 0. The third-order valence-corrected chi connectivity index (χ3v) is 7.95. The van der Waals surface area contributed by atoms with Gasteiger partial charge in [-0.15, -0.1) is 0 Å². The van der Waals surface area contributed by atoms with Crippen molar-refractivity contribution in [1.29, 1.82) is 0 Å². The maximum atomic E-state index is 12.8. The Bertz CT molecular complexity index is 470. The summed E-state index contributed by atoms with van der Waals surface area (Å²) < 4.78 is 11.1. The molecule has 37 heavy (non-hydrogen) atoms. The molecular weight excluding hydrogens is 460 g/mol. The molecule has 0 fully saturated rings. The molecule has 0 heterocycles. The Morgan fingerprint density at radius 2 is 0.649 bits per heavy atom. The van der Waals surface area contributed by atoms with Crippen molar-refractivity contribution >= 4 is 11.9 Å². The van der Waals surface area contributed by atoms with Crippen molar-refractivity contribution in [2.45, 2.75) is 182 Å². The molecule has 0 aliphatic rings. The van der Waals surface area contributed by atoms with Gasteiger partial charge in [0, 0.05) is 0 Å². The van der Waals surface area contributed by atoms with Crippen LogP contribution >= 0.6 is 0 Å². The van der Waals surface area contributed by atoms with Gasteiger partial charge in [-0.3, -0.25) is 9.59 Å². The Hall–Kier alpha value is -1.06. The molecule has 0 aromatic heterocycles. The summed E-state index contributed by atoms with van der Waals surface area (Å²) in [6.45, 7) is 9.10. The fourth-order valence-corrected chi connectivity index (χ4v) is 5.05. The SMILES string of the molecule is CCCCCCCCCCCCCOC(=O)C(CC)(CC)C(=O)OCCCCCCCCCCCCC. The molecule has 0 saturated carbocycles. The highest BCUT2D eigenvalue weighted by Gasteiger charge is 2.45. The molecule has 0 unspecified atom stereocenters. The van der Waals surface area contributed by atoms with Crippen molar-refractivity contribution in [3.05, 3.63) is 0 Å². The van der Waals surface area contributed by atoms with Gasteiger partial charge >= 0.3 is 11.9 Å². The van der Waals surface area contributed by atoms with Gasteiger partial charge in [-0.2, -0.15) is 0 Å². The van der Waals surface area contributed by atoms with Gasteiger partial charge in [0.15, 0.2) is 5.41 Å². The second kappa shape index (κ2) is 26.5. The van der Waals surface area contributed by atoms with Crippen LogP contribution in [0, 0.1) is 5.41 Å². The summed E-state index contributed by atoms with van der Waals surface area (Å²) in [6, 6.07) is 0. The molecule has 0 N–H and O–H groups in total. The lowest BCUT2D eigenvalue weighted by Crippen LogP contribution is -2.41. The van der Waals surface area contributed by atoms with Crippen LogP contribution in [-0.4, -0.2) is 25.2 Å². The van der Waals surface area contributed by atoms with Crippen LogP contribution in [0.2, 0.25) is 0 Å². The molecule has 0 spiro atoms. The highest BCUT2D eigenvalue weighted by atomic mass is 16.6. The molecule has 0 bridgehead atoms. The van der Waals surface area contributed by atoms with Crippen molar-refractivity contribution < 1.29 is 19.1 Å². The Balaban J connectivity index is 3.91. The van der Waals surface area contributed by atoms with E-state index in [1.807, 2.05) is 13.8 Å². The average molecular weight is 525 g/mol. The summed E-state index contributed by atoms with van der Waals surface area (Å²) in [6.07, 6.45) is 28.6. The van der Waals surface area contributed by atoms with E-state index in [0.29, 0.717) is 26.1 Å². The van der Waals surface area contributed by atoms with E-state index in [1.165, 1.54) is 116 Å². The molecule has 0 rings (SSSR count). The molecule has 0 radical (unpaired) electrons. The second-order valence-electron chi connectivity index (χ2n) is 11.1. The first-order valence-corrected chi connectivity index (χ1v) is 16.4. The maximum Gasteiger partial charge on any atom is 0.323 e. The van der Waals surface area contributed by atoms with Crippen molar-refractivity contribution in [2.24, 2.45) is 5.41 Å². The Morgan fingerprint density at radius 1 is 0.405 bits per heavy atom. The van der Waals surface area contributed by atoms with E-state index in [4.69, 9.17) is 9.47 Å². The number of rotatable bonds is 28. The molecule has 220 valence electrons. The number of hydrogen-bond acceptors (Lipinski definition) is 4. The molecule has 0 saturated heterocycles. The zero-order chi connectivity index (χ0) is 27.5. The summed E-state index contributed by atoms with van der Waals surface area (Å²) in [5.74, 6) is -0.790. The van der Waals surface area contributed by atoms with E-state index in [9.17, 15) is 9.59 Å². The van der Waals surface area contributed by atoms with Crippen molar-refractivity contribution in [3.63, 3.8) is 0 Å². The normalized spacial score (nSPS) is 11.6. The number of carbonyl (C=O) groups is 2. The molecule has 0 aromatic rings. The third kappa shape index (κ3) is 18.8. The largest absolute Gasteiger partial charge is 0.465 e. The smallest absolute Gasteiger partial charge is 0.323 e. The Morgan fingerprint density at radius 3 is 0.892 bits per heavy atom. The average Bonchev–Trinajstić information content (AvgIpc) is 2.91. The van der Waals surface area contributed by atoms with E-state index in [-0.39, 0.29) is 0 Å². The Labute approximate surface area is 231 Å². The lowest BCUT2D eigenvalue weighted by Gasteiger charge is -2.27. The van der Waals surface area contributed by atoms with Gasteiger partial charge in [-0.1, -0.05) is 156 Å². The van der Waals surface area contributed by atoms with Gasteiger partial charge < -0.3 is 9.47 Å². The predicted molar refractivity (Wildman–Crippen MR) is 158 cm³/mol. The lowest BCUT2D eigenvalue weighted by molar-refractivity contribution is -0.173. The van der Waals surface area contributed by atoms with Crippen molar-refractivity contribution in [2.75, 3.05) is 13.2 Å². The van der Waals surface area contributed by atoms with Gasteiger partial charge in [0.1, 0.15) is 0 Å².